The van der Waals surface area contributed by atoms with Crippen LogP contribution in [0.15, 0.2) is 5.10 Å². The molecule has 0 saturated carbocycles. The number of carbonyl (C=O) groups is 1. The van der Waals surface area contributed by atoms with E-state index in [1.807, 2.05) is 0 Å². The minimum atomic E-state index is -0.0814. The van der Waals surface area contributed by atoms with Crippen LogP contribution < -0.4 is 16.9 Å². The zero-order valence-electron chi connectivity index (χ0n) is 8.44. The number of nitrogens with one attached hydrogen (secondary N) is 1. The van der Waals surface area contributed by atoms with Crippen LogP contribution in [0.3, 0.4) is 0 Å². The number of amidine groups is 1. The van der Waals surface area contributed by atoms with Crippen LogP contribution in [0.25, 0.3) is 0 Å². The molecule has 1 fully saturated rings. The second-order valence-corrected chi connectivity index (χ2v) is 4.19. The Balaban J connectivity index is 2.07. The molecule has 1 aliphatic rings. The van der Waals surface area contributed by atoms with Gasteiger partial charge in [0.05, 0.1) is 11.9 Å². The zero-order chi connectivity index (χ0) is 11.1. The van der Waals surface area contributed by atoms with E-state index in [9.17, 15) is 4.79 Å². The lowest BCUT2D eigenvalue weighted by Crippen LogP contribution is -2.33. The van der Waals surface area contributed by atoms with E-state index >= 15 is 0 Å². The Morgan fingerprint density at radius 3 is 3.07 bits per heavy atom. The van der Waals surface area contributed by atoms with Crippen LogP contribution in [0, 0.1) is 0 Å². The van der Waals surface area contributed by atoms with Crippen LogP contribution in [-0.2, 0) is 9.53 Å². The highest BCUT2D eigenvalue weighted by molar-refractivity contribution is 8.14. The SMILES string of the molecule is NN=C(N)SCC(=O)NCC1CCCO1. The van der Waals surface area contributed by atoms with Crippen molar-refractivity contribution in [2.24, 2.45) is 16.7 Å². The van der Waals surface area contributed by atoms with Crippen molar-refractivity contribution < 1.29 is 9.53 Å². The fourth-order valence-electron chi connectivity index (χ4n) is 1.26. The predicted octanol–water partition coefficient (Wildman–Crippen LogP) is -0.797. The summed E-state index contributed by atoms with van der Waals surface area (Å²) < 4.78 is 5.36. The van der Waals surface area contributed by atoms with Crippen LogP contribution >= 0.6 is 11.8 Å². The van der Waals surface area contributed by atoms with E-state index in [2.05, 4.69) is 10.4 Å². The molecule has 6 nitrogen and oxygen atoms in total. The first-order chi connectivity index (χ1) is 7.22. The predicted molar refractivity (Wildman–Crippen MR) is 60.3 cm³/mol. The van der Waals surface area contributed by atoms with Gasteiger partial charge in [0.1, 0.15) is 0 Å². The van der Waals surface area contributed by atoms with E-state index in [1.165, 1.54) is 0 Å². The number of amides is 1. The lowest BCUT2D eigenvalue weighted by molar-refractivity contribution is -0.119. The lowest BCUT2D eigenvalue weighted by Gasteiger charge is -2.10. The van der Waals surface area contributed by atoms with Crippen molar-refractivity contribution in [1.29, 1.82) is 0 Å². The van der Waals surface area contributed by atoms with Gasteiger partial charge in [0.25, 0.3) is 0 Å². The molecule has 0 aromatic heterocycles. The summed E-state index contributed by atoms with van der Waals surface area (Å²) >= 11 is 1.12. The van der Waals surface area contributed by atoms with Gasteiger partial charge in [-0.1, -0.05) is 11.8 Å². The minimum Gasteiger partial charge on any atom is -0.377 e. The van der Waals surface area contributed by atoms with Gasteiger partial charge in [-0.25, -0.2) is 0 Å². The number of carbonyl (C=O) groups excluding carboxylic acids is 1. The number of hydrogen-bond acceptors (Lipinski definition) is 5. The fraction of sp³-hybridized carbons (Fsp3) is 0.750. The van der Waals surface area contributed by atoms with Crippen LogP contribution in [0.5, 0.6) is 0 Å². The normalized spacial score (nSPS) is 21.6. The highest BCUT2D eigenvalue weighted by Gasteiger charge is 2.16. The molecule has 1 saturated heterocycles. The summed E-state index contributed by atoms with van der Waals surface area (Å²) in [5.41, 5.74) is 5.32. The largest absolute Gasteiger partial charge is 0.377 e. The molecular weight excluding hydrogens is 216 g/mol. The van der Waals surface area contributed by atoms with E-state index in [4.69, 9.17) is 16.3 Å². The first kappa shape index (κ1) is 12.1. The summed E-state index contributed by atoms with van der Waals surface area (Å²) in [6.07, 6.45) is 2.25. The molecule has 0 aromatic carbocycles. The van der Waals surface area contributed by atoms with Gasteiger partial charge in [-0.05, 0) is 12.8 Å². The summed E-state index contributed by atoms with van der Waals surface area (Å²) in [7, 11) is 0. The van der Waals surface area contributed by atoms with E-state index in [1.54, 1.807) is 0 Å². The molecule has 0 bridgehead atoms. The van der Waals surface area contributed by atoms with E-state index < -0.39 is 0 Å². The number of nitrogens with two attached hydrogens (primary N) is 2. The highest BCUT2D eigenvalue weighted by Crippen LogP contribution is 2.10. The number of ether oxygens (including phenoxy) is 1. The first-order valence-electron chi connectivity index (χ1n) is 4.77. The van der Waals surface area contributed by atoms with Gasteiger partial charge < -0.3 is 21.6 Å². The van der Waals surface area contributed by atoms with Gasteiger partial charge in [0.2, 0.25) is 5.91 Å². The number of hydrazone groups is 1. The van der Waals surface area contributed by atoms with Crippen LogP contribution in [0.1, 0.15) is 12.8 Å². The standard InChI is InChI=1S/C8H16N4O2S/c9-8(12-10)15-5-7(13)11-4-6-2-1-3-14-6/h6H,1-5,10H2,(H2,9,12)(H,11,13). The molecule has 86 valence electrons. The third kappa shape index (κ3) is 4.89. The Kier molecular flexibility index (Phi) is 5.27. The lowest BCUT2D eigenvalue weighted by atomic mass is 10.2. The van der Waals surface area contributed by atoms with Crippen LogP contribution in [0.2, 0.25) is 0 Å². The highest BCUT2D eigenvalue weighted by atomic mass is 32.2. The van der Waals surface area contributed by atoms with Gasteiger partial charge in [-0.2, -0.15) is 5.10 Å². The zero-order valence-corrected chi connectivity index (χ0v) is 9.26. The van der Waals surface area contributed by atoms with Crippen molar-refractivity contribution in [1.82, 2.24) is 5.32 Å². The van der Waals surface area contributed by atoms with Crippen LogP contribution in [0.4, 0.5) is 0 Å². The third-order valence-electron chi connectivity index (χ3n) is 2.03. The Hall–Kier alpha value is -0.950. The van der Waals surface area contributed by atoms with Crippen molar-refractivity contribution in [3.63, 3.8) is 0 Å². The maximum absolute atomic E-state index is 11.3. The number of thioether (sulfide) groups is 1. The molecule has 0 spiro atoms. The van der Waals surface area contributed by atoms with Crippen molar-refractivity contribution in [3.05, 3.63) is 0 Å². The Labute approximate surface area is 92.8 Å². The average molecular weight is 232 g/mol. The summed E-state index contributed by atoms with van der Waals surface area (Å²) in [6.45, 7) is 1.36. The molecule has 15 heavy (non-hydrogen) atoms. The number of hydrogen-bond donors (Lipinski definition) is 3. The Morgan fingerprint density at radius 1 is 1.67 bits per heavy atom. The minimum absolute atomic E-state index is 0.0814. The van der Waals surface area contributed by atoms with Crippen molar-refractivity contribution in [2.75, 3.05) is 18.9 Å². The molecule has 0 radical (unpaired) electrons. The number of rotatable bonds is 4. The van der Waals surface area contributed by atoms with Gasteiger partial charge in [-0.15, -0.1) is 0 Å². The Bertz CT molecular complexity index is 241. The molecule has 0 aliphatic carbocycles. The molecule has 1 unspecified atom stereocenters. The maximum atomic E-state index is 11.3. The molecule has 5 N–H and O–H groups in total. The monoisotopic (exact) mass is 232 g/mol. The van der Waals surface area contributed by atoms with E-state index in [0.717, 1.165) is 31.2 Å². The summed E-state index contributed by atoms with van der Waals surface area (Å²) in [4.78, 5) is 11.3. The quantitative estimate of drug-likeness (QED) is 0.255. The molecule has 7 heteroatoms. The van der Waals surface area contributed by atoms with E-state index in [-0.39, 0.29) is 22.9 Å². The Morgan fingerprint density at radius 2 is 2.47 bits per heavy atom. The third-order valence-corrected chi connectivity index (χ3v) is 2.84. The number of nitrogens with zero attached hydrogens (tertiary/aromatic N) is 1. The summed E-state index contributed by atoms with van der Waals surface area (Å²) in [5, 5.41) is 6.23. The first-order valence-corrected chi connectivity index (χ1v) is 5.75. The van der Waals surface area contributed by atoms with Crippen LogP contribution in [-0.4, -0.2) is 36.1 Å². The maximum Gasteiger partial charge on any atom is 0.230 e. The van der Waals surface area contributed by atoms with E-state index in [0.29, 0.717) is 6.54 Å². The van der Waals surface area contributed by atoms with Gasteiger partial charge >= 0.3 is 0 Å². The van der Waals surface area contributed by atoms with Gasteiger partial charge in [-0.3, -0.25) is 4.79 Å². The average Bonchev–Trinajstić information content (AvgIpc) is 2.75. The molecule has 1 rings (SSSR count). The van der Waals surface area contributed by atoms with Gasteiger partial charge in [0.15, 0.2) is 5.17 Å². The van der Waals surface area contributed by atoms with Crippen molar-refractivity contribution in [3.8, 4) is 0 Å². The van der Waals surface area contributed by atoms with Crippen molar-refractivity contribution in [2.45, 2.75) is 18.9 Å². The molecule has 1 heterocycles. The molecule has 0 aromatic rings. The fourth-order valence-corrected chi connectivity index (χ4v) is 1.72. The van der Waals surface area contributed by atoms with Crippen molar-refractivity contribution >= 4 is 22.8 Å². The molecular formula is C8H16N4O2S. The second-order valence-electron chi connectivity index (χ2n) is 3.20. The molecule has 1 amide bonds. The van der Waals surface area contributed by atoms with Gasteiger partial charge in [0, 0.05) is 13.2 Å². The molecule has 1 aliphatic heterocycles. The molecule has 1 atom stereocenters. The summed E-state index contributed by atoms with van der Waals surface area (Å²) in [5.74, 6) is 5.08. The smallest absolute Gasteiger partial charge is 0.230 e. The second kappa shape index (κ2) is 6.52. The topological polar surface area (TPSA) is 103 Å². The summed E-state index contributed by atoms with van der Waals surface area (Å²) in [6, 6.07) is 0.